The Balaban J connectivity index is 2.85. The molecule has 0 heterocycles. The van der Waals surface area contributed by atoms with Crippen LogP contribution in [0.25, 0.3) is 0 Å². The molecule has 0 saturated carbocycles. The minimum atomic E-state index is -3.35. The summed E-state index contributed by atoms with van der Waals surface area (Å²) in [6, 6.07) is 7.03. The number of sulfonamides is 1. The van der Waals surface area contributed by atoms with Gasteiger partial charge in [-0.3, -0.25) is 4.72 Å². The lowest BCUT2D eigenvalue weighted by atomic mass is 10.1. The highest BCUT2D eigenvalue weighted by atomic mass is 32.2. The number of hydrogen-bond acceptors (Lipinski definition) is 2. The molecular formula is C14H22NO2S2. The zero-order valence-electron chi connectivity index (χ0n) is 11.6. The van der Waals surface area contributed by atoms with Gasteiger partial charge in [-0.25, -0.2) is 8.42 Å². The van der Waals surface area contributed by atoms with Crippen LogP contribution in [0.15, 0.2) is 29.2 Å². The lowest BCUT2D eigenvalue weighted by Gasteiger charge is -2.18. The summed E-state index contributed by atoms with van der Waals surface area (Å²) in [6.45, 7) is 4.08. The molecule has 0 spiro atoms. The predicted octanol–water partition coefficient (Wildman–Crippen LogP) is 4.34. The third-order valence-electron chi connectivity index (χ3n) is 3.07. The van der Waals surface area contributed by atoms with Crippen molar-refractivity contribution < 1.29 is 8.42 Å². The molecule has 1 rings (SSSR count). The molecule has 0 aliphatic carbocycles. The van der Waals surface area contributed by atoms with Crippen molar-refractivity contribution in [2.45, 2.75) is 56.1 Å². The summed E-state index contributed by atoms with van der Waals surface area (Å²) in [5.41, 5.74) is 0.509. The van der Waals surface area contributed by atoms with Gasteiger partial charge in [-0.05, 0) is 25.0 Å². The van der Waals surface area contributed by atoms with Crippen LogP contribution in [-0.2, 0) is 10.0 Å². The van der Waals surface area contributed by atoms with Gasteiger partial charge in [0.2, 0.25) is 10.0 Å². The first-order chi connectivity index (χ1) is 9.01. The fourth-order valence-electron chi connectivity index (χ4n) is 2.00. The zero-order valence-corrected chi connectivity index (χ0v) is 13.2. The Kier molecular flexibility index (Phi) is 6.58. The van der Waals surface area contributed by atoms with Crippen molar-refractivity contribution in [1.29, 1.82) is 0 Å². The van der Waals surface area contributed by atoms with Crippen molar-refractivity contribution in [1.82, 2.24) is 0 Å². The molecule has 0 fully saturated rings. The van der Waals surface area contributed by atoms with E-state index in [2.05, 4.69) is 11.6 Å². The molecule has 1 N–H and O–H groups in total. The molecule has 5 heteroatoms. The van der Waals surface area contributed by atoms with Gasteiger partial charge in [-0.2, -0.15) is 0 Å². The number of rotatable bonds is 8. The molecule has 1 unspecified atom stereocenters. The van der Waals surface area contributed by atoms with Crippen molar-refractivity contribution in [3.8, 4) is 0 Å². The number of benzene rings is 1. The van der Waals surface area contributed by atoms with Gasteiger partial charge >= 0.3 is 0 Å². The lowest BCUT2D eigenvalue weighted by molar-refractivity contribution is 0.552. The van der Waals surface area contributed by atoms with E-state index in [1.165, 1.54) is 0 Å². The van der Waals surface area contributed by atoms with Crippen molar-refractivity contribution in [2.24, 2.45) is 0 Å². The summed E-state index contributed by atoms with van der Waals surface area (Å²) in [5, 5.41) is -0.327. The molecule has 0 aliphatic rings. The maximum atomic E-state index is 12.4. The predicted molar refractivity (Wildman–Crippen MR) is 83.1 cm³/mol. The fraction of sp³-hybridized carbons (Fsp3) is 0.571. The van der Waals surface area contributed by atoms with Crippen LogP contribution in [0, 0.1) is 0 Å². The third kappa shape index (κ3) is 4.99. The highest BCUT2D eigenvalue weighted by Crippen LogP contribution is 2.24. The standard InChI is InChI=1S/C14H22NO2S2/c1-3-5-9-12(8-4-2)19(16,17)15-13-10-6-7-11-14(13)18/h6-7,10-12,15H,3-5,8-9H2,1-2H3. The minimum Gasteiger partial charge on any atom is -0.282 e. The average molecular weight is 300 g/mol. The Morgan fingerprint density at radius 1 is 1.16 bits per heavy atom. The molecule has 107 valence electrons. The fourth-order valence-corrected chi connectivity index (χ4v) is 3.93. The van der Waals surface area contributed by atoms with Gasteiger partial charge in [0.05, 0.1) is 15.8 Å². The van der Waals surface area contributed by atoms with E-state index in [9.17, 15) is 8.42 Å². The Labute approximate surface area is 122 Å². The molecule has 0 amide bonds. The minimum absolute atomic E-state index is 0.327. The van der Waals surface area contributed by atoms with Crippen LogP contribution in [0.5, 0.6) is 0 Å². The van der Waals surface area contributed by atoms with E-state index < -0.39 is 10.0 Å². The Morgan fingerprint density at radius 3 is 2.42 bits per heavy atom. The zero-order chi connectivity index (χ0) is 14.3. The van der Waals surface area contributed by atoms with Crippen molar-refractivity contribution in [3.63, 3.8) is 0 Å². The Hall–Kier alpha value is -0.810. The quantitative estimate of drug-likeness (QED) is 0.776. The second kappa shape index (κ2) is 7.70. The van der Waals surface area contributed by atoms with Crippen LogP contribution in [0.2, 0.25) is 0 Å². The van der Waals surface area contributed by atoms with Crippen molar-refractivity contribution in [3.05, 3.63) is 24.3 Å². The molecule has 1 aromatic rings. The highest BCUT2D eigenvalue weighted by Gasteiger charge is 2.24. The van der Waals surface area contributed by atoms with Crippen molar-refractivity contribution >= 4 is 28.3 Å². The van der Waals surface area contributed by atoms with E-state index in [4.69, 9.17) is 12.6 Å². The van der Waals surface area contributed by atoms with Crippen molar-refractivity contribution in [2.75, 3.05) is 4.72 Å². The Bertz CT molecular complexity index is 486. The number of para-hydroxylation sites is 1. The molecule has 0 bridgehead atoms. The molecule has 1 aromatic carbocycles. The summed E-state index contributed by atoms with van der Waals surface area (Å²) in [4.78, 5) is 0.539. The number of nitrogens with one attached hydrogen (secondary N) is 1. The van der Waals surface area contributed by atoms with E-state index in [0.29, 0.717) is 23.4 Å². The second-order valence-electron chi connectivity index (χ2n) is 4.70. The molecule has 0 aromatic heterocycles. The van der Waals surface area contributed by atoms with Crippen LogP contribution >= 0.6 is 12.6 Å². The summed E-state index contributed by atoms with van der Waals surface area (Å²) >= 11 is 5.13. The average Bonchev–Trinajstić information content (AvgIpc) is 2.37. The number of unbranched alkanes of at least 4 members (excludes halogenated alkanes) is 1. The molecule has 3 nitrogen and oxygen atoms in total. The monoisotopic (exact) mass is 300 g/mol. The lowest BCUT2D eigenvalue weighted by Crippen LogP contribution is -2.28. The van der Waals surface area contributed by atoms with Gasteiger partial charge in [0.15, 0.2) is 0 Å². The van der Waals surface area contributed by atoms with Gasteiger partial charge in [0.25, 0.3) is 0 Å². The first-order valence-electron chi connectivity index (χ1n) is 6.79. The van der Waals surface area contributed by atoms with Crippen LogP contribution in [0.3, 0.4) is 0 Å². The van der Waals surface area contributed by atoms with Gasteiger partial charge in [-0.1, -0.05) is 57.9 Å². The largest absolute Gasteiger partial charge is 0.282 e. The number of anilines is 1. The maximum Gasteiger partial charge on any atom is 0.235 e. The summed E-state index contributed by atoms with van der Waals surface area (Å²) in [6.07, 6.45) is 4.20. The SMILES string of the molecule is CCCCC(CCC)S(=O)(=O)Nc1ccccc1[S]. The Morgan fingerprint density at radius 2 is 1.84 bits per heavy atom. The van der Waals surface area contributed by atoms with E-state index in [1.54, 1.807) is 24.3 Å². The first kappa shape index (κ1) is 16.2. The van der Waals surface area contributed by atoms with E-state index >= 15 is 0 Å². The third-order valence-corrected chi connectivity index (χ3v) is 5.28. The van der Waals surface area contributed by atoms with Gasteiger partial charge in [-0.15, -0.1) is 0 Å². The summed E-state index contributed by atoms with van der Waals surface area (Å²) in [5.74, 6) is 0. The van der Waals surface area contributed by atoms with Crippen LogP contribution in [0.1, 0.15) is 46.0 Å². The van der Waals surface area contributed by atoms with Gasteiger partial charge in [0.1, 0.15) is 0 Å². The maximum absolute atomic E-state index is 12.4. The smallest absolute Gasteiger partial charge is 0.235 e. The van der Waals surface area contributed by atoms with E-state index in [1.807, 2.05) is 6.92 Å². The summed E-state index contributed by atoms with van der Waals surface area (Å²) in [7, 11) is -3.35. The van der Waals surface area contributed by atoms with Gasteiger partial charge < -0.3 is 0 Å². The topological polar surface area (TPSA) is 46.2 Å². The highest BCUT2D eigenvalue weighted by molar-refractivity contribution is 7.93. The first-order valence-corrected chi connectivity index (χ1v) is 8.74. The molecule has 0 aliphatic heterocycles. The van der Waals surface area contributed by atoms with Crippen LogP contribution < -0.4 is 4.72 Å². The van der Waals surface area contributed by atoms with E-state index in [-0.39, 0.29) is 5.25 Å². The molecule has 0 saturated heterocycles. The molecule has 1 radical (unpaired) electrons. The second-order valence-corrected chi connectivity index (χ2v) is 7.10. The summed E-state index contributed by atoms with van der Waals surface area (Å²) < 4.78 is 27.4. The molecular weight excluding hydrogens is 278 g/mol. The molecule has 1 atom stereocenters. The van der Waals surface area contributed by atoms with E-state index in [0.717, 1.165) is 19.3 Å². The normalized spacial score (nSPS) is 13.2. The van der Waals surface area contributed by atoms with Crippen LogP contribution in [0.4, 0.5) is 5.69 Å². The number of hydrogen-bond donors (Lipinski definition) is 1. The van der Waals surface area contributed by atoms with Crippen LogP contribution in [-0.4, -0.2) is 13.7 Å². The molecule has 19 heavy (non-hydrogen) atoms. The van der Waals surface area contributed by atoms with Gasteiger partial charge in [0, 0.05) is 0 Å².